The van der Waals surface area contributed by atoms with E-state index in [2.05, 4.69) is 18.7 Å². The summed E-state index contributed by atoms with van der Waals surface area (Å²) in [7, 11) is 0. The van der Waals surface area contributed by atoms with Gasteiger partial charge in [0, 0.05) is 18.6 Å². The van der Waals surface area contributed by atoms with E-state index in [9.17, 15) is 4.79 Å². The van der Waals surface area contributed by atoms with Gasteiger partial charge in [-0.15, -0.1) is 0 Å². The molecule has 1 heterocycles. The molecule has 2 rings (SSSR count). The summed E-state index contributed by atoms with van der Waals surface area (Å²) >= 11 is 0. The summed E-state index contributed by atoms with van der Waals surface area (Å²) in [4.78, 5) is 15.1. The van der Waals surface area contributed by atoms with Crippen molar-refractivity contribution in [2.75, 3.05) is 6.54 Å². The van der Waals surface area contributed by atoms with Gasteiger partial charge in [-0.05, 0) is 38.0 Å². The van der Waals surface area contributed by atoms with Gasteiger partial charge in [-0.25, -0.2) is 0 Å². The molecule has 1 saturated carbocycles. The highest BCUT2D eigenvalue weighted by Crippen LogP contribution is 2.32. The van der Waals surface area contributed by atoms with Gasteiger partial charge in [0.1, 0.15) is 0 Å². The molecule has 0 aromatic carbocycles. The molecule has 1 aliphatic carbocycles. The number of likely N-dealkylation sites (tertiary alicyclic amines) is 1. The zero-order chi connectivity index (χ0) is 13.8. The van der Waals surface area contributed by atoms with Gasteiger partial charge in [0.2, 0.25) is 5.91 Å². The lowest BCUT2D eigenvalue weighted by Crippen LogP contribution is -2.51. The molecule has 3 nitrogen and oxygen atoms in total. The summed E-state index contributed by atoms with van der Waals surface area (Å²) in [5, 5.41) is 0. The van der Waals surface area contributed by atoms with Crippen LogP contribution in [-0.2, 0) is 4.79 Å². The number of rotatable bonds is 2. The molecule has 0 aromatic rings. The fraction of sp³-hybridized carbons (Fsp3) is 0.938. The van der Waals surface area contributed by atoms with Crippen LogP contribution >= 0.6 is 0 Å². The Hall–Kier alpha value is -0.570. The van der Waals surface area contributed by atoms with Crippen LogP contribution in [0.5, 0.6) is 0 Å². The maximum Gasteiger partial charge on any atom is 0.227 e. The van der Waals surface area contributed by atoms with Crippen molar-refractivity contribution in [3.05, 3.63) is 0 Å². The Labute approximate surface area is 117 Å². The first-order valence-corrected chi connectivity index (χ1v) is 8.21. The quantitative estimate of drug-likeness (QED) is 0.835. The van der Waals surface area contributed by atoms with Crippen molar-refractivity contribution < 1.29 is 4.79 Å². The zero-order valence-electron chi connectivity index (χ0n) is 12.6. The Morgan fingerprint density at radius 3 is 2.63 bits per heavy atom. The van der Waals surface area contributed by atoms with E-state index in [0.29, 0.717) is 17.9 Å². The number of hydrogen-bond donors (Lipinski definition) is 1. The number of carbonyl (C=O) groups excluding carboxylic acids is 1. The molecule has 4 unspecified atom stereocenters. The summed E-state index contributed by atoms with van der Waals surface area (Å²) in [6, 6.07) is 0.535. The van der Waals surface area contributed by atoms with Crippen molar-refractivity contribution in [3.8, 4) is 0 Å². The predicted octanol–water partition coefficient (Wildman–Crippen LogP) is 2.93. The molecule has 0 spiro atoms. The van der Waals surface area contributed by atoms with E-state index in [1.165, 1.54) is 32.1 Å². The Morgan fingerprint density at radius 2 is 1.95 bits per heavy atom. The Kier molecular flexibility index (Phi) is 5.26. The lowest BCUT2D eigenvalue weighted by atomic mass is 9.76. The Bertz CT molecular complexity index is 295. The van der Waals surface area contributed by atoms with E-state index in [-0.39, 0.29) is 12.0 Å². The highest BCUT2D eigenvalue weighted by molar-refractivity contribution is 5.80. The third-order valence-corrected chi connectivity index (χ3v) is 5.19. The first-order chi connectivity index (χ1) is 9.15. The summed E-state index contributed by atoms with van der Waals surface area (Å²) in [6.07, 6.45) is 9.34. The third-order valence-electron chi connectivity index (χ3n) is 5.19. The van der Waals surface area contributed by atoms with E-state index in [4.69, 9.17) is 5.73 Å². The number of nitrogens with zero attached hydrogens (tertiary/aromatic N) is 1. The molecule has 0 radical (unpaired) electrons. The first kappa shape index (κ1) is 14.8. The average Bonchev–Trinajstić information content (AvgIpc) is 2.63. The van der Waals surface area contributed by atoms with Crippen LogP contribution in [0.25, 0.3) is 0 Å². The van der Waals surface area contributed by atoms with Crippen LogP contribution in [-0.4, -0.2) is 29.4 Å². The SMILES string of the molecule is CCC1CCCCCN1C(=O)C1C(C)CCCC1N. The number of carbonyl (C=O) groups is 1. The highest BCUT2D eigenvalue weighted by atomic mass is 16.2. The molecule has 110 valence electrons. The van der Waals surface area contributed by atoms with Crippen molar-refractivity contribution in [2.24, 2.45) is 17.6 Å². The Morgan fingerprint density at radius 1 is 1.16 bits per heavy atom. The van der Waals surface area contributed by atoms with E-state index in [1.54, 1.807) is 0 Å². The fourth-order valence-electron chi connectivity index (χ4n) is 3.97. The highest BCUT2D eigenvalue weighted by Gasteiger charge is 2.38. The summed E-state index contributed by atoms with van der Waals surface area (Å²) < 4.78 is 0. The molecule has 1 amide bonds. The summed E-state index contributed by atoms with van der Waals surface area (Å²) in [5.74, 6) is 0.881. The molecule has 2 fully saturated rings. The normalized spacial score (nSPS) is 36.9. The summed E-state index contributed by atoms with van der Waals surface area (Å²) in [6.45, 7) is 5.37. The topological polar surface area (TPSA) is 46.3 Å². The zero-order valence-corrected chi connectivity index (χ0v) is 12.6. The molecular weight excluding hydrogens is 236 g/mol. The van der Waals surface area contributed by atoms with Gasteiger partial charge in [-0.2, -0.15) is 0 Å². The van der Waals surface area contributed by atoms with Gasteiger partial charge in [-0.1, -0.05) is 33.1 Å². The van der Waals surface area contributed by atoms with E-state index in [1.807, 2.05) is 0 Å². The minimum absolute atomic E-state index is 0.0703. The maximum absolute atomic E-state index is 12.9. The lowest BCUT2D eigenvalue weighted by Gasteiger charge is -2.39. The van der Waals surface area contributed by atoms with Crippen LogP contribution in [0.2, 0.25) is 0 Å². The largest absolute Gasteiger partial charge is 0.339 e. The van der Waals surface area contributed by atoms with Crippen LogP contribution in [0.4, 0.5) is 0 Å². The fourth-order valence-corrected chi connectivity index (χ4v) is 3.97. The molecule has 2 N–H and O–H groups in total. The van der Waals surface area contributed by atoms with Crippen LogP contribution in [0.3, 0.4) is 0 Å². The van der Waals surface area contributed by atoms with Crippen LogP contribution in [0.1, 0.15) is 65.2 Å². The number of hydrogen-bond acceptors (Lipinski definition) is 2. The second-order valence-corrected chi connectivity index (χ2v) is 6.54. The maximum atomic E-state index is 12.9. The standard InChI is InChI=1S/C16H30N2O/c1-3-13-9-5-4-6-11-18(13)16(19)15-12(2)8-7-10-14(15)17/h12-15H,3-11,17H2,1-2H3. The second kappa shape index (κ2) is 6.74. The smallest absolute Gasteiger partial charge is 0.227 e. The van der Waals surface area contributed by atoms with Gasteiger partial charge in [0.25, 0.3) is 0 Å². The number of nitrogens with two attached hydrogens (primary N) is 1. The van der Waals surface area contributed by atoms with Gasteiger partial charge in [0.15, 0.2) is 0 Å². The first-order valence-electron chi connectivity index (χ1n) is 8.21. The molecule has 3 heteroatoms. The second-order valence-electron chi connectivity index (χ2n) is 6.54. The van der Waals surface area contributed by atoms with E-state index < -0.39 is 0 Å². The van der Waals surface area contributed by atoms with E-state index >= 15 is 0 Å². The van der Waals surface area contributed by atoms with E-state index in [0.717, 1.165) is 25.8 Å². The van der Waals surface area contributed by atoms with Crippen LogP contribution < -0.4 is 5.73 Å². The van der Waals surface area contributed by atoms with Gasteiger partial charge < -0.3 is 10.6 Å². The van der Waals surface area contributed by atoms with Crippen LogP contribution in [0, 0.1) is 11.8 Å². The molecule has 0 aromatic heterocycles. The van der Waals surface area contributed by atoms with Gasteiger partial charge in [-0.3, -0.25) is 4.79 Å². The minimum Gasteiger partial charge on any atom is -0.339 e. The molecule has 2 aliphatic rings. The van der Waals surface area contributed by atoms with Crippen LogP contribution in [0.15, 0.2) is 0 Å². The van der Waals surface area contributed by atoms with Crippen molar-refractivity contribution in [1.82, 2.24) is 4.90 Å². The molecule has 1 aliphatic heterocycles. The molecular formula is C16H30N2O. The molecule has 4 atom stereocenters. The van der Waals surface area contributed by atoms with Crippen molar-refractivity contribution >= 4 is 5.91 Å². The summed E-state index contributed by atoms with van der Waals surface area (Å²) in [5.41, 5.74) is 6.26. The minimum atomic E-state index is 0.0703. The predicted molar refractivity (Wildman–Crippen MR) is 78.7 cm³/mol. The van der Waals surface area contributed by atoms with Gasteiger partial charge >= 0.3 is 0 Å². The van der Waals surface area contributed by atoms with Crippen molar-refractivity contribution in [2.45, 2.75) is 77.3 Å². The van der Waals surface area contributed by atoms with Gasteiger partial charge in [0.05, 0.1) is 5.92 Å². The van der Waals surface area contributed by atoms with Crippen molar-refractivity contribution in [1.29, 1.82) is 0 Å². The molecule has 1 saturated heterocycles. The molecule has 19 heavy (non-hydrogen) atoms. The monoisotopic (exact) mass is 266 g/mol. The lowest BCUT2D eigenvalue weighted by molar-refractivity contribution is -0.141. The number of amides is 1. The Balaban J connectivity index is 2.10. The average molecular weight is 266 g/mol. The van der Waals surface area contributed by atoms with Crippen molar-refractivity contribution in [3.63, 3.8) is 0 Å². The molecule has 0 bridgehead atoms. The third kappa shape index (κ3) is 3.31.